The number of aryl methyl sites for hydroxylation is 1. The molecule has 2 rings (SSSR count). The van der Waals surface area contributed by atoms with Crippen molar-refractivity contribution in [2.24, 2.45) is 7.05 Å². The molecule has 0 saturated heterocycles. The zero-order chi connectivity index (χ0) is 14.2. The van der Waals surface area contributed by atoms with Gasteiger partial charge in [0.05, 0.1) is 10.9 Å². The molecule has 1 aromatic carbocycles. The van der Waals surface area contributed by atoms with Crippen LogP contribution in [0.3, 0.4) is 0 Å². The van der Waals surface area contributed by atoms with Crippen LogP contribution in [-0.4, -0.2) is 19.6 Å². The Morgan fingerprint density at radius 2 is 1.89 bits per heavy atom. The van der Waals surface area contributed by atoms with Crippen molar-refractivity contribution in [2.75, 3.05) is 5.75 Å². The van der Waals surface area contributed by atoms with Crippen molar-refractivity contribution < 1.29 is 0 Å². The predicted molar refractivity (Wildman–Crippen MR) is 84.7 cm³/mol. The minimum absolute atomic E-state index is 0.232. The van der Waals surface area contributed by atoms with E-state index in [1.807, 2.05) is 13.0 Å². The lowest BCUT2D eigenvalue weighted by atomic mass is 10.2. The summed E-state index contributed by atoms with van der Waals surface area (Å²) >= 11 is 8.64. The molecule has 19 heavy (non-hydrogen) atoms. The first kappa shape index (κ1) is 14.3. The molecule has 0 aliphatic heterocycles. The minimum Gasteiger partial charge on any atom is -0.296 e. The summed E-state index contributed by atoms with van der Waals surface area (Å²) in [4.78, 5) is 24.7. The van der Waals surface area contributed by atoms with Gasteiger partial charge in [0.1, 0.15) is 0 Å². The molecule has 1 aromatic heterocycles. The summed E-state index contributed by atoms with van der Waals surface area (Å²) in [6.07, 6.45) is 0. The van der Waals surface area contributed by atoms with Gasteiger partial charge in [-0.25, -0.2) is 4.79 Å². The van der Waals surface area contributed by atoms with Crippen LogP contribution >= 0.6 is 25.3 Å². The number of aromatic nitrogens is 2. The number of fused-ring (bicyclic) bond motifs is 1. The monoisotopic (exact) mass is 296 g/mol. The van der Waals surface area contributed by atoms with Gasteiger partial charge in [0.15, 0.2) is 0 Å². The Balaban J connectivity index is 2.76. The predicted octanol–water partition coefficient (Wildman–Crippen LogP) is 1.32. The van der Waals surface area contributed by atoms with Gasteiger partial charge in [-0.2, -0.15) is 25.3 Å². The van der Waals surface area contributed by atoms with Gasteiger partial charge in [-0.05, 0) is 19.1 Å². The molecular weight excluding hydrogens is 280 g/mol. The highest BCUT2D eigenvalue weighted by Gasteiger charge is 2.21. The van der Waals surface area contributed by atoms with Crippen molar-refractivity contribution in [1.29, 1.82) is 0 Å². The van der Waals surface area contributed by atoms with E-state index >= 15 is 0 Å². The SMILES string of the molecule is Cn1c(=O)n(CC(C)(S)CS)c(=O)c2ccccc21. The van der Waals surface area contributed by atoms with Crippen LogP contribution < -0.4 is 11.2 Å². The molecule has 0 aliphatic rings. The van der Waals surface area contributed by atoms with E-state index in [1.54, 1.807) is 25.2 Å². The Bertz CT molecular complexity index is 731. The van der Waals surface area contributed by atoms with Crippen LogP contribution in [0.15, 0.2) is 33.9 Å². The van der Waals surface area contributed by atoms with Gasteiger partial charge < -0.3 is 0 Å². The van der Waals surface area contributed by atoms with Gasteiger partial charge in [-0.1, -0.05) is 12.1 Å². The maximum Gasteiger partial charge on any atom is 0.331 e. The Morgan fingerprint density at radius 3 is 2.53 bits per heavy atom. The maximum atomic E-state index is 12.4. The summed E-state index contributed by atoms with van der Waals surface area (Å²) in [6.45, 7) is 2.08. The fraction of sp³-hybridized carbons (Fsp3) is 0.385. The molecule has 0 spiro atoms. The van der Waals surface area contributed by atoms with Crippen LogP contribution in [0.4, 0.5) is 0 Å². The second kappa shape index (κ2) is 5.09. The summed E-state index contributed by atoms with van der Waals surface area (Å²) in [5.74, 6) is 0.471. The number of rotatable bonds is 3. The highest BCUT2D eigenvalue weighted by molar-refractivity contribution is 7.85. The summed E-state index contributed by atoms with van der Waals surface area (Å²) in [5.41, 5.74) is 0.0343. The zero-order valence-electron chi connectivity index (χ0n) is 10.8. The highest BCUT2D eigenvalue weighted by Crippen LogP contribution is 2.17. The van der Waals surface area contributed by atoms with Gasteiger partial charge in [-0.15, -0.1) is 0 Å². The Kier molecular flexibility index (Phi) is 3.82. The van der Waals surface area contributed by atoms with Gasteiger partial charge in [0.2, 0.25) is 0 Å². The van der Waals surface area contributed by atoms with Crippen LogP contribution in [0.1, 0.15) is 6.92 Å². The first-order valence-corrected chi connectivity index (χ1v) is 6.97. The van der Waals surface area contributed by atoms with Crippen LogP contribution in [0.5, 0.6) is 0 Å². The van der Waals surface area contributed by atoms with Crippen molar-refractivity contribution >= 4 is 36.2 Å². The average molecular weight is 296 g/mol. The molecule has 0 bridgehead atoms. The smallest absolute Gasteiger partial charge is 0.296 e. The summed E-state index contributed by atoms with van der Waals surface area (Å²) in [6, 6.07) is 7.09. The zero-order valence-corrected chi connectivity index (χ0v) is 12.6. The molecule has 102 valence electrons. The largest absolute Gasteiger partial charge is 0.331 e. The molecule has 0 saturated carbocycles. The number of para-hydroxylation sites is 1. The maximum absolute atomic E-state index is 12.4. The Labute approximate surface area is 121 Å². The topological polar surface area (TPSA) is 44.0 Å². The third kappa shape index (κ3) is 2.60. The minimum atomic E-state index is -0.512. The van der Waals surface area contributed by atoms with Crippen molar-refractivity contribution in [1.82, 2.24) is 9.13 Å². The number of hydrogen-bond acceptors (Lipinski definition) is 4. The van der Waals surface area contributed by atoms with E-state index in [0.29, 0.717) is 16.7 Å². The van der Waals surface area contributed by atoms with E-state index in [1.165, 1.54) is 9.13 Å². The second-order valence-electron chi connectivity index (χ2n) is 4.91. The molecule has 1 heterocycles. The fourth-order valence-corrected chi connectivity index (χ4v) is 2.23. The van der Waals surface area contributed by atoms with E-state index in [9.17, 15) is 9.59 Å². The molecule has 0 amide bonds. The molecular formula is C13H16N2O2S2. The molecule has 0 radical (unpaired) electrons. The Morgan fingerprint density at radius 1 is 1.26 bits per heavy atom. The Hall–Kier alpha value is -1.14. The number of thiol groups is 2. The van der Waals surface area contributed by atoms with E-state index < -0.39 is 4.75 Å². The van der Waals surface area contributed by atoms with Gasteiger partial charge >= 0.3 is 5.69 Å². The number of hydrogen-bond donors (Lipinski definition) is 2. The van der Waals surface area contributed by atoms with Crippen LogP contribution in [-0.2, 0) is 13.6 Å². The van der Waals surface area contributed by atoms with Crippen molar-refractivity contribution in [2.45, 2.75) is 18.2 Å². The number of nitrogens with zero attached hydrogens (tertiary/aromatic N) is 2. The molecule has 6 heteroatoms. The fourth-order valence-electron chi connectivity index (χ4n) is 1.99. The molecule has 0 fully saturated rings. The van der Waals surface area contributed by atoms with Crippen LogP contribution in [0, 0.1) is 0 Å². The van der Waals surface area contributed by atoms with Gasteiger partial charge in [0, 0.05) is 24.1 Å². The molecule has 1 unspecified atom stereocenters. The second-order valence-corrected chi connectivity index (χ2v) is 6.30. The summed E-state index contributed by atoms with van der Waals surface area (Å²) < 4.78 is 2.20. The lowest BCUT2D eigenvalue weighted by Gasteiger charge is -2.22. The third-order valence-electron chi connectivity index (χ3n) is 3.10. The first-order chi connectivity index (χ1) is 8.87. The lowest BCUT2D eigenvalue weighted by Crippen LogP contribution is -2.44. The average Bonchev–Trinajstić information content (AvgIpc) is 2.41. The molecule has 4 nitrogen and oxygen atoms in total. The van der Waals surface area contributed by atoms with E-state index in [0.717, 1.165) is 0 Å². The van der Waals surface area contributed by atoms with E-state index in [-0.39, 0.29) is 17.8 Å². The highest BCUT2D eigenvalue weighted by atomic mass is 32.1. The molecule has 1 atom stereocenters. The van der Waals surface area contributed by atoms with Crippen LogP contribution in [0.25, 0.3) is 10.9 Å². The van der Waals surface area contributed by atoms with Crippen molar-refractivity contribution in [3.8, 4) is 0 Å². The van der Waals surface area contributed by atoms with Crippen molar-refractivity contribution in [3.63, 3.8) is 0 Å². The van der Waals surface area contributed by atoms with Gasteiger partial charge in [-0.3, -0.25) is 13.9 Å². The van der Waals surface area contributed by atoms with E-state index in [4.69, 9.17) is 0 Å². The molecule has 2 aromatic rings. The first-order valence-electron chi connectivity index (χ1n) is 5.89. The van der Waals surface area contributed by atoms with Crippen LogP contribution in [0.2, 0.25) is 0 Å². The molecule has 0 aliphatic carbocycles. The van der Waals surface area contributed by atoms with Crippen molar-refractivity contribution in [3.05, 3.63) is 45.1 Å². The lowest BCUT2D eigenvalue weighted by molar-refractivity contribution is 0.529. The van der Waals surface area contributed by atoms with Gasteiger partial charge in [0.25, 0.3) is 5.56 Å². The standard InChI is InChI=1S/C13H16N2O2S2/c1-13(19,8-18)7-15-11(16)9-5-3-4-6-10(9)14(2)12(15)17/h3-6,18-19H,7-8H2,1-2H3. The quantitative estimate of drug-likeness (QED) is 0.839. The normalized spacial score (nSPS) is 14.5. The molecule has 0 N–H and O–H groups in total. The summed E-state index contributed by atoms with van der Waals surface area (Å²) in [7, 11) is 1.66. The number of benzene rings is 1. The third-order valence-corrected chi connectivity index (χ3v) is 4.35. The van der Waals surface area contributed by atoms with E-state index in [2.05, 4.69) is 25.3 Å². The summed E-state index contributed by atoms with van der Waals surface area (Å²) in [5, 5.41) is 0.535.